The van der Waals surface area contributed by atoms with Gasteiger partial charge in [-0.15, -0.1) is 0 Å². The molecule has 1 saturated heterocycles. The summed E-state index contributed by atoms with van der Waals surface area (Å²) in [6.45, 7) is 3.99. The van der Waals surface area contributed by atoms with E-state index in [1.54, 1.807) is 0 Å². The zero-order chi connectivity index (χ0) is 8.93. The summed E-state index contributed by atoms with van der Waals surface area (Å²) in [5, 5.41) is 0. The third-order valence-electron chi connectivity index (χ3n) is 3.08. The van der Waals surface area contributed by atoms with Crippen LogP contribution in [0.25, 0.3) is 0 Å². The van der Waals surface area contributed by atoms with Crippen LogP contribution in [0.1, 0.15) is 25.7 Å². The number of nitrogens with zero attached hydrogens (tertiary/aromatic N) is 1. The lowest BCUT2D eigenvalue weighted by molar-refractivity contribution is 0.316. The maximum absolute atomic E-state index is 2.60. The Labute approximate surface area is 81.1 Å². The molecule has 0 aromatic rings. The second-order valence-electron chi connectivity index (χ2n) is 4.15. The number of hydrogen-bond donors (Lipinski definition) is 0. The maximum Gasteiger partial charge on any atom is -0.00130 e. The van der Waals surface area contributed by atoms with Gasteiger partial charge in [0.25, 0.3) is 0 Å². The van der Waals surface area contributed by atoms with Crippen molar-refractivity contribution in [2.45, 2.75) is 25.7 Å². The number of rotatable bonds is 3. The van der Waals surface area contributed by atoms with Gasteiger partial charge in [-0.05, 0) is 51.2 Å². The van der Waals surface area contributed by atoms with Crippen LogP contribution in [-0.4, -0.2) is 24.5 Å². The van der Waals surface area contributed by atoms with Gasteiger partial charge in [-0.1, -0.05) is 24.3 Å². The molecule has 0 amide bonds. The van der Waals surface area contributed by atoms with Crippen molar-refractivity contribution in [1.82, 2.24) is 4.90 Å². The molecule has 1 unspecified atom stereocenters. The van der Waals surface area contributed by atoms with Gasteiger partial charge in [-0.2, -0.15) is 0 Å². The van der Waals surface area contributed by atoms with E-state index in [9.17, 15) is 0 Å². The molecule has 1 heteroatoms. The predicted molar refractivity (Wildman–Crippen MR) is 56.7 cm³/mol. The number of likely N-dealkylation sites (tertiary alicyclic amines) is 1. The minimum absolute atomic E-state index is 0.811. The molecule has 0 saturated carbocycles. The third-order valence-corrected chi connectivity index (χ3v) is 3.08. The average molecular weight is 177 g/mol. The first-order chi connectivity index (χ1) is 6.45. The molecule has 1 heterocycles. The van der Waals surface area contributed by atoms with Crippen LogP contribution in [0.4, 0.5) is 0 Å². The zero-order valence-corrected chi connectivity index (χ0v) is 8.28. The van der Waals surface area contributed by atoms with E-state index >= 15 is 0 Å². The summed E-state index contributed by atoms with van der Waals surface area (Å²) in [7, 11) is 0. The molecule has 0 radical (unpaired) electrons. The van der Waals surface area contributed by atoms with Gasteiger partial charge in [-0.25, -0.2) is 0 Å². The minimum atomic E-state index is 0.811. The van der Waals surface area contributed by atoms with E-state index in [-0.39, 0.29) is 0 Å². The fraction of sp³-hybridized carbons (Fsp3) is 0.667. The standard InChI is InChI=1S/C12H19N/c1-2-6-12(7-3-1)8-11-13-9-4-5-10-13/h1-3,6,12H,4-5,7-11H2. The van der Waals surface area contributed by atoms with Gasteiger partial charge >= 0.3 is 0 Å². The summed E-state index contributed by atoms with van der Waals surface area (Å²) in [4.78, 5) is 2.60. The maximum atomic E-state index is 2.60. The normalized spacial score (nSPS) is 28.5. The monoisotopic (exact) mass is 177 g/mol. The Balaban J connectivity index is 1.67. The predicted octanol–water partition coefficient (Wildman–Crippen LogP) is 2.60. The summed E-state index contributed by atoms with van der Waals surface area (Å²) >= 11 is 0. The number of allylic oxidation sites excluding steroid dienone is 4. The smallest absolute Gasteiger partial charge is 0.00130 e. The first-order valence-corrected chi connectivity index (χ1v) is 5.51. The highest BCUT2D eigenvalue weighted by molar-refractivity contribution is 5.10. The Hall–Kier alpha value is -0.560. The van der Waals surface area contributed by atoms with Crippen molar-refractivity contribution in [3.8, 4) is 0 Å². The van der Waals surface area contributed by atoms with Crippen LogP contribution >= 0.6 is 0 Å². The van der Waals surface area contributed by atoms with E-state index in [0.29, 0.717) is 0 Å². The first kappa shape index (κ1) is 9.01. The van der Waals surface area contributed by atoms with Crippen molar-refractivity contribution in [3.05, 3.63) is 24.3 Å². The molecule has 72 valence electrons. The van der Waals surface area contributed by atoms with Gasteiger partial charge in [0.1, 0.15) is 0 Å². The van der Waals surface area contributed by atoms with E-state index < -0.39 is 0 Å². The lowest BCUT2D eigenvalue weighted by atomic mass is 9.97. The summed E-state index contributed by atoms with van der Waals surface area (Å²) in [5.41, 5.74) is 0. The van der Waals surface area contributed by atoms with Crippen LogP contribution in [-0.2, 0) is 0 Å². The van der Waals surface area contributed by atoms with Crippen LogP contribution < -0.4 is 0 Å². The SMILES string of the molecule is C1=CCC(CCN2CCCC2)C=C1. The van der Waals surface area contributed by atoms with E-state index in [4.69, 9.17) is 0 Å². The van der Waals surface area contributed by atoms with E-state index in [2.05, 4.69) is 29.2 Å². The lowest BCUT2D eigenvalue weighted by Gasteiger charge is -2.18. The first-order valence-electron chi connectivity index (χ1n) is 5.51. The van der Waals surface area contributed by atoms with Crippen molar-refractivity contribution in [2.75, 3.05) is 19.6 Å². The van der Waals surface area contributed by atoms with Gasteiger partial charge in [0.05, 0.1) is 0 Å². The molecular formula is C12H19N. The van der Waals surface area contributed by atoms with Gasteiger partial charge < -0.3 is 4.90 Å². The van der Waals surface area contributed by atoms with Crippen LogP contribution in [0.3, 0.4) is 0 Å². The Morgan fingerprint density at radius 3 is 2.69 bits per heavy atom. The van der Waals surface area contributed by atoms with Crippen LogP contribution in [0.2, 0.25) is 0 Å². The zero-order valence-electron chi connectivity index (χ0n) is 8.28. The summed E-state index contributed by atoms with van der Waals surface area (Å²) in [5.74, 6) is 0.811. The third kappa shape index (κ3) is 2.70. The molecule has 0 aromatic heterocycles. The highest BCUT2D eigenvalue weighted by Crippen LogP contribution is 2.17. The molecule has 1 fully saturated rings. The fourth-order valence-electron chi connectivity index (χ4n) is 2.20. The van der Waals surface area contributed by atoms with Gasteiger partial charge in [0.2, 0.25) is 0 Å². The average Bonchev–Trinajstić information content (AvgIpc) is 2.69. The molecule has 0 aromatic carbocycles. The fourth-order valence-corrected chi connectivity index (χ4v) is 2.20. The van der Waals surface area contributed by atoms with Crippen LogP contribution in [0, 0.1) is 5.92 Å². The largest absolute Gasteiger partial charge is 0.303 e. The summed E-state index contributed by atoms with van der Waals surface area (Å²) < 4.78 is 0. The molecular weight excluding hydrogens is 158 g/mol. The van der Waals surface area contributed by atoms with Crippen molar-refractivity contribution >= 4 is 0 Å². The van der Waals surface area contributed by atoms with Gasteiger partial charge in [-0.3, -0.25) is 0 Å². The molecule has 1 atom stereocenters. The van der Waals surface area contributed by atoms with E-state index in [0.717, 1.165) is 5.92 Å². The van der Waals surface area contributed by atoms with Crippen LogP contribution in [0.5, 0.6) is 0 Å². The van der Waals surface area contributed by atoms with E-state index in [1.165, 1.54) is 45.3 Å². The van der Waals surface area contributed by atoms with Crippen LogP contribution in [0.15, 0.2) is 24.3 Å². The van der Waals surface area contributed by atoms with Gasteiger partial charge in [0, 0.05) is 0 Å². The topological polar surface area (TPSA) is 3.24 Å². The second kappa shape index (κ2) is 4.61. The molecule has 2 aliphatic rings. The van der Waals surface area contributed by atoms with E-state index in [1.807, 2.05) is 0 Å². The second-order valence-corrected chi connectivity index (χ2v) is 4.15. The Morgan fingerprint density at radius 1 is 1.15 bits per heavy atom. The molecule has 0 bridgehead atoms. The van der Waals surface area contributed by atoms with Crippen molar-refractivity contribution < 1.29 is 0 Å². The lowest BCUT2D eigenvalue weighted by Crippen LogP contribution is -2.22. The highest BCUT2D eigenvalue weighted by atomic mass is 15.1. The highest BCUT2D eigenvalue weighted by Gasteiger charge is 2.13. The quantitative estimate of drug-likeness (QED) is 0.640. The molecule has 0 spiro atoms. The summed E-state index contributed by atoms with van der Waals surface area (Å²) in [6.07, 6.45) is 14.4. The van der Waals surface area contributed by atoms with Crippen molar-refractivity contribution in [3.63, 3.8) is 0 Å². The Morgan fingerprint density at radius 2 is 2.00 bits per heavy atom. The number of hydrogen-bond acceptors (Lipinski definition) is 1. The Bertz CT molecular complexity index is 199. The Kier molecular flexibility index (Phi) is 3.20. The summed E-state index contributed by atoms with van der Waals surface area (Å²) in [6, 6.07) is 0. The minimum Gasteiger partial charge on any atom is -0.303 e. The molecule has 2 rings (SSSR count). The molecule has 1 nitrogen and oxygen atoms in total. The van der Waals surface area contributed by atoms with Crippen molar-refractivity contribution in [1.29, 1.82) is 0 Å². The molecule has 1 aliphatic heterocycles. The molecule has 13 heavy (non-hydrogen) atoms. The van der Waals surface area contributed by atoms with Gasteiger partial charge in [0.15, 0.2) is 0 Å². The molecule has 1 aliphatic carbocycles. The molecule has 0 N–H and O–H groups in total. The van der Waals surface area contributed by atoms with Crippen molar-refractivity contribution in [2.24, 2.45) is 5.92 Å².